The van der Waals surface area contributed by atoms with Crippen LogP contribution in [0.1, 0.15) is 39.5 Å². The zero-order valence-corrected chi connectivity index (χ0v) is 12.1. The lowest BCUT2D eigenvalue weighted by Gasteiger charge is -2.31. The van der Waals surface area contributed by atoms with E-state index in [2.05, 4.69) is 44.7 Å². The van der Waals surface area contributed by atoms with E-state index >= 15 is 0 Å². The van der Waals surface area contributed by atoms with Crippen molar-refractivity contribution in [2.75, 3.05) is 27.2 Å². The molecule has 1 aliphatic rings. The van der Waals surface area contributed by atoms with Gasteiger partial charge >= 0.3 is 0 Å². The Bertz CT molecular complexity index is 225. The van der Waals surface area contributed by atoms with Crippen LogP contribution in [0.15, 0.2) is 12.3 Å². The fourth-order valence-electron chi connectivity index (χ4n) is 2.69. The van der Waals surface area contributed by atoms with Gasteiger partial charge in [0.1, 0.15) is 0 Å². The van der Waals surface area contributed by atoms with Gasteiger partial charge in [0.2, 0.25) is 0 Å². The van der Waals surface area contributed by atoms with Crippen LogP contribution < -0.4 is 5.32 Å². The maximum atomic E-state index is 4.21. The van der Waals surface area contributed by atoms with Gasteiger partial charge in [0, 0.05) is 18.8 Å². The molecule has 1 N–H and O–H groups in total. The first-order valence-corrected chi connectivity index (χ1v) is 7.06. The summed E-state index contributed by atoms with van der Waals surface area (Å²) >= 11 is 0. The van der Waals surface area contributed by atoms with Crippen molar-refractivity contribution in [2.45, 2.75) is 39.5 Å². The van der Waals surface area contributed by atoms with E-state index in [9.17, 15) is 0 Å². The van der Waals surface area contributed by atoms with Crippen molar-refractivity contribution < 1.29 is 0 Å². The van der Waals surface area contributed by atoms with Gasteiger partial charge in [0.25, 0.3) is 0 Å². The van der Waals surface area contributed by atoms with Crippen molar-refractivity contribution >= 4 is 0 Å². The summed E-state index contributed by atoms with van der Waals surface area (Å²) in [5.41, 5.74) is 1.28. The van der Waals surface area contributed by atoms with Crippen molar-refractivity contribution in [2.24, 2.45) is 17.8 Å². The minimum Gasteiger partial charge on any atom is -0.388 e. The molecule has 0 radical (unpaired) electrons. The van der Waals surface area contributed by atoms with Gasteiger partial charge in [-0.25, -0.2) is 0 Å². The van der Waals surface area contributed by atoms with E-state index in [0.717, 1.165) is 12.5 Å². The molecule has 0 unspecified atom stereocenters. The average Bonchev–Trinajstić information content (AvgIpc) is 2.26. The third-order valence-electron chi connectivity index (χ3n) is 3.70. The molecule has 1 fully saturated rings. The minimum atomic E-state index is 0.705. The standard InChI is InChI=1S/C15H30N2/c1-12(2)10-16-13(3)15-8-6-14(7-9-15)11-17(4)5/h12,14-16H,3,6-11H2,1-2,4-5H3. The number of hydrogen-bond acceptors (Lipinski definition) is 2. The summed E-state index contributed by atoms with van der Waals surface area (Å²) in [5.74, 6) is 2.32. The van der Waals surface area contributed by atoms with E-state index in [1.807, 2.05) is 0 Å². The number of nitrogens with one attached hydrogen (secondary N) is 1. The molecule has 0 heterocycles. The van der Waals surface area contributed by atoms with Crippen molar-refractivity contribution in [1.82, 2.24) is 10.2 Å². The monoisotopic (exact) mass is 238 g/mol. The molecule has 0 atom stereocenters. The molecular weight excluding hydrogens is 208 g/mol. The van der Waals surface area contributed by atoms with Crippen LogP contribution >= 0.6 is 0 Å². The van der Waals surface area contributed by atoms with Crippen molar-refractivity contribution in [3.63, 3.8) is 0 Å². The fourth-order valence-corrected chi connectivity index (χ4v) is 2.69. The molecule has 0 saturated heterocycles. The van der Waals surface area contributed by atoms with Gasteiger partial charge in [-0.3, -0.25) is 0 Å². The molecule has 17 heavy (non-hydrogen) atoms. The molecule has 1 saturated carbocycles. The maximum absolute atomic E-state index is 4.21. The van der Waals surface area contributed by atoms with Gasteiger partial charge in [0.15, 0.2) is 0 Å². The second-order valence-corrected chi connectivity index (χ2v) is 6.28. The fraction of sp³-hybridized carbons (Fsp3) is 0.867. The summed E-state index contributed by atoms with van der Waals surface area (Å²) < 4.78 is 0. The first-order chi connectivity index (χ1) is 7.99. The molecule has 1 rings (SSSR count). The second kappa shape index (κ2) is 7.05. The smallest absolute Gasteiger partial charge is 0.0166 e. The highest BCUT2D eigenvalue weighted by molar-refractivity contribution is 5.00. The van der Waals surface area contributed by atoms with E-state index in [0.29, 0.717) is 11.8 Å². The Morgan fingerprint density at radius 2 is 1.82 bits per heavy atom. The lowest BCUT2D eigenvalue weighted by Crippen LogP contribution is -2.29. The quantitative estimate of drug-likeness (QED) is 0.765. The zero-order valence-electron chi connectivity index (χ0n) is 12.1. The number of hydrogen-bond donors (Lipinski definition) is 1. The number of allylic oxidation sites excluding steroid dienone is 1. The van der Waals surface area contributed by atoms with Gasteiger partial charge in [-0.05, 0) is 57.5 Å². The predicted octanol–water partition coefficient (Wildman–Crippen LogP) is 3.11. The van der Waals surface area contributed by atoms with Crippen LogP contribution in [-0.2, 0) is 0 Å². The molecule has 0 amide bonds. The minimum absolute atomic E-state index is 0.705. The number of rotatable bonds is 6. The van der Waals surface area contributed by atoms with Gasteiger partial charge in [-0.2, -0.15) is 0 Å². The summed E-state index contributed by atoms with van der Waals surface area (Å²) in [4.78, 5) is 2.32. The van der Waals surface area contributed by atoms with Crippen molar-refractivity contribution in [3.8, 4) is 0 Å². The summed E-state index contributed by atoms with van der Waals surface area (Å²) in [5, 5.41) is 3.50. The van der Waals surface area contributed by atoms with E-state index < -0.39 is 0 Å². The average molecular weight is 238 g/mol. The van der Waals surface area contributed by atoms with Gasteiger partial charge < -0.3 is 10.2 Å². The molecule has 0 spiro atoms. The Balaban J connectivity index is 2.24. The highest BCUT2D eigenvalue weighted by Gasteiger charge is 2.23. The molecule has 0 aromatic carbocycles. The van der Waals surface area contributed by atoms with Gasteiger partial charge in [-0.15, -0.1) is 0 Å². The van der Waals surface area contributed by atoms with Crippen LogP contribution in [0, 0.1) is 17.8 Å². The second-order valence-electron chi connectivity index (χ2n) is 6.28. The Morgan fingerprint density at radius 3 is 2.29 bits per heavy atom. The Labute approximate surface area is 107 Å². The zero-order chi connectivity index (χ0) is 12.8. The Morgan fingerprint density at radius 1 is 1.24 bits per heavy atom. The lowest BCUT2D eigenvalue weighted by molar-refractivity contribution is 0.233. The van der Waals surface area contributed by atoms with Crippen molar-refractivity contribution in [3.05, 3.63) is 12.3 Å². The summed E-state index contributed by atoms with van der Waals surface area (Å²) in [7, 11) is 4.35. The summed E-state index contributed by atoms with van der Waals surface area (Å²) in [6, 6.07) is 0. The summed E-state index contributed by atoms with van der Waals surface area (Å²) in [6.07, 6.45) is 5.38. The Kier molecular flexibility index (Phi) is 6.04. The highest BCUT2D eigenvalue weighted by Crippen LogP contribution is 2.32. The van der Waals surface area contributed by atoms with Crippen LogP contribution in [0.25, 0.3) is 0 Å². The van der Waals surface area contributed by atoms with E-state index in [1.54, 1.807) is 0 Å². The SMILES string of the molecule is C=C(NCC(C)C)C1CCC(CN(C)C)CC1. The summed E-state index contributed by atoms with van der Waals surface area (Å²) in [6.45, 7) is 11.0. The molecule has 0 aromatic rings. The van der Waals surface area contributed by atoms with Crippen molar-refractivity contribution in [1.29, 1.82) is 0 Å². The van der Waals surface area contributed by atoms with Crippen LogP contribution in [0.4, 0.5) is 0 Å². The van der Waals surface area contributed by atoms with Crippen LogP contribution in [0.5, 0.6) is 0 Å². The Hall–Kier alpha value is -0.500. The molecule has 0 aromatic heterocycles. The molecule has 1 aliphatic carbocycles. The largest absolute Gasteiger partial charge is 0.388 e. The first-order valence-electron chi connectivity index (χ1n) is 7.06. The third kappa shape index (κ3) is 5.58. The molecular formula is C15H30N2. The topological polar surface area (TPSA) is 15.3 Å². The van der Waals surface area contributed by atoms with E-state index in [4.69, 9.17) is 0 Å². The van der Waals surface area contributed by atoms with E-state index in [1.165, 1.54) is 37.9 Å². The normalized spacial score (nSPS) is 25.3. The molecule has 2 heteroatoms. The van der Waals surface area contributed by atoms with Gasteiger partial charge in [-0.1, -0.05) is 20.4 Å². The van der Waals surface area contributed by atoms with Crippen LogP contribution in [-0.4, -0.2) is 32.1 Å². The number of nitrogens with zero attached hydrogens (tertiary/aromatic N) is 1. The lowest BCUT2D eigenvalue weighted by atomic mass is 9.80. The first kappa shape index (κ1) is 14.6. The third-order valence-corrected chi connectivity index (χ3v) is 3.70. The van der Waals surface area contributed by atoms with Crippen LogP contribution in [0.2, 0.25) is 0 Å². The van der Waals surface area contributed by atoms with E-state index in [-0.39, 0.29) is 0 Å². The maximum Gasteiger partial charge on any atom is 0.0166 e. The predicted molar refractivity (Wildman–Crippen MR) is 76.0 cm³/mol. The highest BCUT2D eigenvalue weighted by atomic mass is 15.1. The molecule has 0 aliphatic heterocycles. The molecule has 100 valence electrons. The van der Waals surface area contributed by atoms with Gasteiger partial charge in [0.05, 0.1) is 0 Å². The van der Waals surface area contributed by atoms with Crippen LogP contribution in [0.3, 0.4) is 0 Å². The molecule has 0 bridgehead atoms. The molecule has 2 nitrogen and oxygen atoms in total.